The van der Waals surface area contributed by atoms with Gasteiger partial charge in [-0.2, -0.15) is 0 Å². The molecule has 6 nitrogen and oxygen atoms in total. The zero-order chi connectivity index (χ0) is 9.90. The van der Waals surface area contributed by atoms with Crippen molar-refractivity contribution in [3.05, 3.63) is 5.89 Å². The van der Waals surface area contributed by atoms with Crippen LogP contribution < -0.4 is 5.73 Å². The van der Waals surface area contributed by atoms with Gasteiger partial charge < -0.3 is 10.2 Å². The molecule has 1 heterocycles. The quantitative estimate of drug-likeness (QED) is 0.702. The van der Waals surface area contributed by atoms with Gasteiger partial charge in [0.2, 0.25) is 15.7 Å². The van der Waals surface area contributed by atoms with Crippen LogP contribution in [0.25, 0.3) is 0 Å². The first kappa shape index (κ1) is 10.1. The van der Waals surface area contributed by atoms with E-state index in [0.29, 0.717) is 13.0 Å². The van der Waals surface area contributed by atoms with Crippen molar-refractivity contribution in [2.75, 3.05) is 12.3 Å². The third kappa shape index (κ3) is 2.25. The second kappa shape index (κ2) is 3.84. The summed E-state index contributed by atoms with van der Waals surface area (Å²) in [4.78, 5) is 0. The van der Waals surface area contributed by atoms with Crippen molar-refractivity contribution in [2.24, 2.45) is 5.73 Å². The van der Waals surface area contributed by atoms with Crippen molar-refractivity contribution < 1.29 is 12.8 Å². The molecule has 74 valence electrons. The molecule has 7 heteroatoms. The number of aromatic nitrogens is 2. The zero-order valence-corrected chi connectivity index (χ0v) is 8.04. The molecule has 0 aliphatic rings. The predicted octanol–water partition coefficient (Wildman–Crippen LogP) is -0.636. The lowest BCUT2D eigenvalue weighted by atomic mass is 10.4. The van der Waals surface area contributed by atoms with E-state index in [0.717, 1.165) is 0 Å². The van der Waals surface area contributed by atoms with E-state index < -0.39 is 9.84 Å². The highest BCUT2D eigenvalue weighted by Crippen LogP contribution is 2.08. The summed E-state index contributed by atoms with van der Waals surface area (Å²) in [5.74, 6) is 0.214. The maximum absolute atomic E-state index is 11.2. The van der Waals surface area contributed by atoms with Gasteiger partial charge in [-0.15, -0.1) is 5.10 Å². The third-order valence-electron chi connectivity index (χ3n) is 1.45. The Morgan fingerprint density at radius 1 is 1.46 bits per heavy atom. The Bertz CT molecular complexity index is 370. The Morgan fingerprint density at radius 3 is 2.69 bits per heavy atom. The Kier molecular flexibility index (Phi) is 2.99. The molecule has 0 radical (unpaired) electrons. The lowest BCUT2D eigenvalue weighted by Crippen LogP contribution is -2.04. The normalized spacial score (nSPS) is 11.8. The van der Waals surface area contributed by atoms with E-state index in [2.05, 4.69) is 10.2 Å². The molecular weight excluding hydrogens is 194 g/mol. The van der Waals surface area contributed by atoms with Crippen LogP contribution in [0.1, 0.15) is 12.8 Å². The molecule has 0 spiro atoms. The molecule has 0 aromatic carbocycles. The molecule has 1 aromatic heterocycles. The van der Waals surface area contributed by atoms with Gasteiger partial charge in [-0.1, -0.05) is 12.0 Å². The SMILES string of the molecule is CCS(=O)(=O)c1nnc(CCN)o1. The number of nitrogens with zero attached hydrogens (tertiary/aromatic N) is 2. The van der Waals surface area contributed by atoms with Gasteiger partial charge >= 0.3 is 5.22 Å². The molecule has 0 aliphatic carbocycles. The first-order chi connectivity index (χ1) is 6.10. The van der Waals surface area contributed by atoms with E-state index in [-0.39, 0.29) is 16.9 Å². The molecule has 0 saturated carbocycles. The van der Waals surface area contributed by atoms with Crippen LogP contribution in [0.3, 0.4) is 0 Å². The van der Waals surface area contributed by atoms with Gasteiger partial charge in [-0.3, -0.25) is 0 Å². The van der Waals surface area contributed by atoms with Gasteiger partial charge in [0.25, 0.3) is 0 Å². The van der Waals surface area contributed by atoms with Crippen molar-refractivity contribution in [2.45, 2.75) is 18.6 Å². The Balaban J connectivity index is 2.92. The van der Waals surface area contributed by atoms with E-state index in [1.807, 2.05) is 0 Å². The van der Waals surface area contributed by atoms with Gasteiger partial charge in [0, 0.05) is 13.0 Å². The smallest absolute Gasteiger partial charge is 0.335 e. The topological polar surface area (TPSA) is 99.1 Å². The van der Waals surface area contributed by atoms with Crippen LogP contribution in [0.5, 0.6) is 0 Å². The fourth-order valence-electron chi connectivity index (χ4n) is 0.712. The molecular formula is C6H11N3O3S. The van der Waals surface area contributed by atoms with Crippen LogP contribution in [-0.2, 0) is 16.3 Å². The summed E-state index contributed by atoms with van der Waals surface area (Å²) in [6, 6.07) is 0. The summed E-state index contributed by atoms with van der Waals surface area (Å²) in [7, 11) is -3.38. The Labute approximate surface area is 76.1 Å². The van der Waals surface area contributed by atoms with Crippen LogP contribution in [0.4, 0.5) is 0 Å². The molecule has 0 amide bonds. The summed E-state index contributed by atoms with van der Waals surface area (Å²) in [6.45, 7) is 1.87. The average molecular weight is 205 g/mol. The predicted molar refractivity (Wildman–Crippen MR) is 44.8 cm³/mol. The second-order valence-electron chi connectivity index (χ2n) is 2.40. The molecule has 1 rings (SSSR count). The summed E-state index contributed by atoms with van der Waals surface area (Å²) in [5.41, 5.74) is 5.23. The minimum absolute atomic E-state index is 0.0444. The van der Waals surface area contributed by atoms with Crippen molar-refractivity contribution in [1.82, 2.24) is 10.2 Å². The summed E-state index contributed by atoms with van der Waals surface area (Å²) < 4.78 is 27.3. The molecule has 0 unspecified atom stereocenters. The highest BCUT2D eigenvalue weighted by molar-refractivity contribution is 7.91. The van der Waals surface area contributed by atoms with Crippen LogP contribution in [0.2, 0.25) is 0 Å². The maximum atomic E-state index is 11.2. The number of nitrogens with two attached hydrogens (primary N) is 1. The van der Waals surface area contributed by atoms with Crippen LogP contribution >= 0.6 is 0 Å². The molecule has 0 fully saturated rings. The monoisotopic (exact) mass is 205 g/mol. The molecule has 0 bridgehead atoms. The molecule has 2 N–H and O–H groups in total. The fraction of sp³-hybridized carbons (Fsp3) is 0.667. The highest BCUT2D eigenvalue weighted by atomic mass is 32.2. The van der Waals surface area contributed by atoms with Gasteiger partial charge in [0.15, 0.2) is 0 Å². The van der Waals surface area contributed by atoms with Crippen molar-refractivity contribution in [1.29, 1.82) is 0 Å². The standard InChI is InChI=1S/C6H11N3O3S/c1-2-13(10,11)6-9-8-5(12-6)3-4-7/h2-4,7H2,1H3. The van der Waals surface area contributed by atoms with E-state index in [9.17, 15) is 8.42 Å². The zero-order valence-electron chi connectivity index (χ0n) is 7.23. The average Bonchev–Trinajstić information content (AvgIpc) is 2.54. The minimum Gasteiger partial charge on any atom is -0.412 e. The second-order valence-corrected chi connectivity index (χ2v) is 4.56. The minimum atomic E-state index is -3.38. The van der Waals surface area contributed by atoms with E-state index >= 15 is 0 Å². The summed E-state index contributed by atoms with van der Waals surface area (Å²) >= 11 is 0. The fourth-order valence-corrected chi connectivity index (χ4v) is 1.35. The van der Waals surface area contributed by atoms with Gasteiger partial charge in [-0.05, 0) is 0 Å². The summed E-state index contributed by atoms with van der Waals surface area (Å²) in [6.07, 6.45) is 0.395. The number of rotatable bonds is 4. The van der Waals surface area contributed by atoms with Crippen molar-refractivity contribution >= 4 is 9.84 Å². The van der Waals surface area contributed by atoms with E-state index in [4.69, 9.17) is 10.2 Å². The Morgan fingerprint density at radius 2 is 2.15 bits per heavy atom. The van der Waals surface area contributed by atoms with E-state index in [1.54, 1.807) is 0 Å². The number of hydrogen-bond acceptors (Lipinski definition) is 6. The molecule has 0 atom stereocenters. The van der Waals surface area contributed by atoms with Crippen LogP contribution in [0, 0.1) is 0 Å². The van der Waals surface area contributed by atoms with Crippen LogP contribution in [0.15, 0.2) is 9.64 Å². The highest BCUT2D eigenvalue weighted by Gasteiger charge is 2.19. The third-order valence-corrected chi connectivity index (χ3v) is 2.91. The summed E-state index contributed by atoms with van der Waals surface area (Å²) in [5, 5.41) is 6.64. The maximum Gasteiger partial charge on any atom is 0.335 e. The van der Waals surface area contributed by atoms with Gasteiger partial charge in [0.05, 0.1) is 5.75 Å². The first-order valence-electron chi connectivity index (χ1n) is 3.85. The number of sulfone groups is 1. The van der Waals surface area contributed by atoms with Crippen molar-refractivity contribution in [3.8, 4) is 0 Å². The first-order valence-corrected chi connectivity index (χ1v) is 5.50. The number of hydrogen-bond donors (Lipinski definition) is 1. The van der Waals surface area contributed by atoms with Crippen LogP contribution in [-0.4, -0.2) is 30.9 Å². The van der Waals surface area contributed by atoms with Crippen molar-refractivity contribution in [3.63, 3.8) is 0 Å². The molecule has 0 saturated heterocycles. The lowest BCUT2D eigenvalue weighted by Gasteiger charge is -1.91. The molecule has 1 aromatic rings. The Hall–Kier alpha value is -0.950. The molecule has 13 heavy (non-hydrogen) atoms. The van der Waals surface area contributed by atoms with Gasteiger partial charge in [0.1, 0.15) is 0 Å². The van der Waals surface area contributed by atoms with Gasteiger partial charge in [-0.25, -0.2) is 8.42 Å². The largest absolute Gasteiger partial charge is 0.412 e. The van der Waals surface area contributed by atoms with E-state index in [1.165, 1.54) is 6.92 Å². The molecule has 0 aliphatic heterocycles. The lowest BCUT2D eigenvalue weighted by molar-refractivity contribution is 0.397.